The molecule has 1 aromatic carbocycles. The molecule has 0 saturated carbocycles. The van der Waals surface area contributed by atoms with Crippen molar-refractivity contribution in [1.82, 2.24) is 0 Å². The lowest BCUT2D eigenvalue weighted by atomic mass is 10.1. The number of nitrogens with two attached hydrogens (primary N) is 1. The van der Waals surface area contributed by atoms with E-state index in [1.165, 1.54) is 0 Å². The third kappa shape index (κ3) is 6.26. The van der Waals surface area contributed by atoms with Crippen LogP contribution in [0.15, 0.2) is 18.2 Å². The number of methoxy groups -OCH3 is 1. The van der Waals surface area contributed by atoms with Gasteiger partial charge in [0.1, 0.15) is 18.1 Å². The van der Waals surface area contributed by atoms with Crippen molar-refractivity contribution in [2.75, 3.05) is 20.3 Å². The van der Waals surface area contributed by atoms with Gasteiger partial charge in [-0.2, -0.15) is 0 Å². The maximum Gasteiger partial charge on any atom is 0.126 e. The fraction of sp³-hybridized carbons (Fsp3) is 0.625. The van der Waals surface area contributed by atoms with Gasteiger partial charge in [-0.1, -0.05) is 6.07 Å². The van der Waals surface area contributed by atoms with E-state index in [4.69, 9.17) is 19.9 Å². The quantitative estimate of drug-likeness (QED) is 0.781. The summed E-state index contributed by atoms with van der Waals surface area (Å²) in [5, 5.41) is 0. The molecule has 1 rings (SSSR count). The smallest absolute Gasteiger partial charge is 0.126 e. The van der Waals surface area contributed by atoms with Crippen LogP contribution in [-0.2, 0) is 11.2 Å². The van der Waals surface area contributed by atoms with Crippen molar-refractivity contribution in [1.29, 1.82) is 0 Å². The highest BCUT2D eigenvalue weighted by molar-refractivity contribution is 5.41. The van der Waals surface area contributed by atoms with Crippen molar-refractivity contribution in [3.8, 4) is 11.5 Å². The molecule has 0 aliphatic rings. The molecular formula is C16H27NO3. The minimum absolute atomic E-state index is 0.0940. The zero-order valence-electron chi connectivity index (χ0n) is 13.2. The molecule has 0 bridgehead atoms. The summed E-state index contributed by atoms with van der Waals surface area (Å²) in [5.41, 5.74) is 6.81. The van der Waals surface area contributed by atoms with E-state index in [9.17, 15) is 0 Å². The monoisotopic (exact) mass is 281 g/mol. The molecule has 0 radical (unpaired) electrons. The lowest BCUT2D eigenvalue weighted by Gasteiger charge is -2.20. The Hall–Kier alpha value is -1.26. The van der Waals surface area contributed by atoms with Gasteiger partial charge in [-0.15, -0.1) is 0 Å². The minimum Gasteiger partial charge on any atom is -0.497 e. The summed E-state index contributed by atoms with van der Waals surface area (Å²) >= 11 is 0. The first-order valence-electron chi connectivity index (χ1n) is 7.01. The summed E-state index contributed by atoms with van der Waals surface area (Å²) in [6.45, 7) is 9.13. The van der Waals surface area contributed by atoms with E-state index in [2.05, 4.69) is 0 Å². The van der Waals surface area contributed by atoms with E-state index < -0.39 is 0 Å². The van der Waals surface area contributed by atoms with Crippen LogP contribution in [0.4, 0.5) is 0 Å². The maximum absolute atomic E-state index is 5.86. The highest BCUT2D eigenvalue weighted by Gasteiger charge is 2.11. The Bertz CT molecular complexity index is 411. The maximum atomic E-state index is 5.86. The second kappa shape index (κ2) is 7.50. The largest absolute Gasteiger partial charge is 0.497 e. The van der Waals surface area contributed by atoms with Gasteiger partial charge in [0.15, 0.2) is 0 Å². The van der Waals surface area contributed by atoms with Gasteiger partial charge in [-0.3, -0.25) is 0 Å². The Morgan fingerprint density at radius 1 is 1.20 bits per heavy atom. The van der Waals surface area contributed by atoms with Gasteiger partial charge in [0.05, 0.1) is 19.3 Å². The van der Waals surface area contributed by atoms with Crippen molar-refractivity contribution in [3.05, 3.63) is 23.8 Å². The molecule has 0 aliphatic heterocycles. The molecule has 0 amide bonds. The second-order valence-electron chi connectivity index (χ2n) is 5.96. The molecule has 4 heteroatoms. The predicted molar refractivity (Wildman–Crippen MR) is 81.5 cm³/mol. The zero-order chi connectivity index (χ0) is 15.2. The molecule has 0 spiro atoms. The topological polar surface area (TPSA) is 53.7 Å². The van der Waals surface area contributed by atoms with Crippen molar-refractivity contribution >= 4 is 0 Å². The molecule has 20 heavy (non-hydrogen) atoms. The number of rotatable bonds is 7. The second-order valence-corrected chi connectivity index (χ2v) is 5.96. The standard InChI is InChI=1S/C16H27NO3/c1-12(17)10-13-6-7-14(18-5)11-15(13)19-8-9-20-16(2,3)4/h6-7,11-12H,8-10,17H2,1-5H3. The van der Waals surface area contributed by atoms with Crippen LogP contribution in [0, 0.1) is 0 Å². The summed E-state index contributed by atoms with van der Waals surface area (Å²) in [6.07, 6.45) is 0.777. The van der Waals surface area contributed by atoms with Crippen molar-refractivity contribution in [2.24, 2.45) is 5.73 Å². The SMILES string of the molecule is COc1ccc(CC(C)N)c(OCCOC(C)(C)C)c1. The normalized spacial score (nSPS) is 13.1. The highest BCUT2D eigenvalue weighted by atomic mass is 16.5. The first-order valence-corrected chi connectivity index (χ1v) is 7.01. The molecule has 0 heterocycles. The molecule has 0 fully saturated rings. The Kier molecular flexibility index (Phi) is 6.30. The van der Waals surface area contributed by atoms with Crippen LogP contribution >= 0.6 is 0 Å². The molecule has 0 saturated heterocycles. The fourth-order valence-corrected chi connectivity index (χ4v) is 1.81. The van der Waals surface area contributed by atoms with Gasteiger partial charge < -0.3 is 19.9 Å². The molecule has 2 N–H and O–H groups in total. The van der Waals surface area contributed by atoms with Crippen LogP contribution in [0.1, 0.15) is 33.3 Å². The third-order valence-electron chi connectivity index (χ3n) is 2.69. The average molecular weight is 281 g/mol. The fourth-order valence-electron chi connectivity index (χ4n) is 1.81. The van der Waals surface area contributed by atoms with Gasteiger partial charge >= 0.3 is 0 Å². The van der Waals surface area contributed by atoms with E-state index in [0.29, 0.717) is 13.2 Å². The van der Waals surface area contributed by atoms with E-state index in [0.717, 1.165) is 23.5 Å². The molecular weight excluding hydrogens is 254 g/mol. The Morgan fingerprint density at radius 2 is 1.90 bits per heavy atom. The molecule has 4 nitrogen and oxygen atoms in total. The van der Waals surface area contributed by atoms with Crippen LogP contribution in [0.3, 0.4) is 0 Å². The summed E-state index contributed by atoms with van der Waals surface area (Å²) in [4.78, 5) is 0. The van der Waals surface area contributed by atoms with Crippen LogP contribution < -0.4 is 15.2 Å². The van der Waals surface area contributed by atoms with E-state index in [1.54, 1.807) is 7.11 Å². The molecule has 1 atom stereocenters. The molecule has 1 unspecified atom stereocenters. The molecule has 0 aromatic heterocycles. The van der Waals surface area contributed by atoms with Crippen LogP contribution in [0.5, 0.6) is 11.5 Å². The zero-order valence-corrected chi connectivity index (χ0v) is 13.2. The van der Waals surface area contributed by atoms with E-state index in [-0.39, 0.29) is 11.6 Å². The first kappa shape index (κ1) is 16.8. The summed E-state index contributed by atoms with van der Waals surface area (Å²) in [7, 11) is 1.65. The number of hydrogen-bond acceptors (Lipinski definition) is 4. The molecule has 0 aliphatic carbocycles. The van der Waals surface area contributed by atoms with Crippen molar-refractivity contribution in [3.63, 3.8) is 0 Å². The number of ether oxygens (including phenoxy) is 3. The van der Waals surface area contributed by atoms with E-state index in [1.807, 2.05) is 45.9 Å². The van der Waals surface area contributed by atoms with Gasteiger partial charge in [0.2, 0.25) is 0 Å². The average Bonchev–Trinajstić information content (AvgIpc) is 2.34. The van der Waals surface area contributed by atoms with Gasteiger partial charge in [-0.05, 0) is 45.7 Å². The van der Waals surface area contributed by atoms with Crippen LogP contribution in [0.25, 0.3) is 0 Å². The summed E-state index contributed by atoms with van der Waals surface area (Å²) < 4.78 is 16.7. The summed E-state index contributed by atoms with van der Waals surface area (Å²) in [5.74, 6) is 1.60. The Morgan fingerprint density at radius 3 is 2.45 bits per heavy atom. The summed E-state index contributed by atoms with van der Waals surface area (Å²) in [6, 6.07) is 5.92. The van der Waals surface area contributed by atoms with Gasteiger partial charge in [0, 0.05) is 12.1 Å². The van der Waals surface area contributed by atoms with Gasteiger partial charge in [-0.25, -0.2) is 0 Å². The van der Waals surface area contributed by atoms with E-state index >= 15 is 0 Å². The highest BCUT2D eigenvalue weighted by Crippen LogP contribution is 2.26. The Labute approximate surface area is 122 Å². The lowest BCUT2D eigenvalue weighted by molar-refractivity contribution is -0.0164. The minimum atomic E-state index is -0.146. The number of benzene rings is 1. The predicted octanol–water partition coefficient (Wildman–Crippen LogP) is 2.78. The lowest BCUT2D eigenvalue weighted by Crippen LogP contribution is -2.23. The third-order valence-corrected chi connectivity index (χ3v) is 2.69. The Balaban J connectivity index is 2.65. The van der Waals surface area contributed by atoms with Crippen molar-refractivity contribution < 1.29 is 14.2 Å². The van der Waals surface area contributed by atoms with Gasteiger partial charge in [0.25, 0.3) is 0 Å². The molecule has 114 valence electrons. The number of hydrogen-bond donors (Lipinski definition) is 1. The van der Waals surface area contributed by atoms with Crippen LogP contribution in [-0.4, -0.2) is 32.0 Å². The molecule has 1 aromatic rings. The van der Waals surface area contributed by atoms with Crippen LogP contribution in [0.2, 0.25) is 0 Å². The van der Waals surface area contributed by atoms with Crippen molar-refractivity contribution in [2.45, 2.75) is 45.8 Å². The first-order chi connectivity index (χ1) is 9.31.